The predicted molar refractivity (Wildman–Crippen MR) is 109 cm³/mol. The van der Waals surface area contributed by atoms with Gasteiger partial charge in [0.25, 0.3) is 0 Å². The summed E-state index contributed by atoms with van der Waals surface area (Å²) in [7, 11) is 0. The van der Waals surface area contributed by atoms with Gasteiger partial charge in [-0.15, -0.1) is 0 Å². The quantitative estimate of drug-likeness (QED) is 0.556. The fraction of sp³-hybridized carbons (Fsp3) is 0.238. The van der Waals surface area contributed by atoms with E-state index in [2.05, 4.69) is 31.9 Å². The van der Waals surface area contributed by atoms with E-state index in [-0.39, 0.29) is 17.6 Å². The second kappa shape index (κ2) is 7.12. The number of hydrogen-bond donors (Lipinski definition) is 0. The lowest BCUT2D eigenvalue weighted by Crippen LogP contribution is -2.40. The lowest BCUT2D eigenvalue weighted by molar-refractivity contribution is -0.119. The summed E-state index contributed by atoms with van der Waals surface area (Å²) in [6.45, 7) is 0. The molecule has 3 nitrogen and oxygen atoms in total. The second-order valence-electron chi connectivity index (χ2n) is 6.65. The largest absolute Gasteiger partial charge is 0.294 e. The Labute approximate surface area is 169 Å². The van der Waals surface area contributed by atoms with E-state index in [4.69, 9.17) is 0 Å². The van der Waals surface area contributed by atoms with Crippen LogP contribution in [0.2, 0.25) is 0 Å². The third-order valence-electron chi connectivity index (χ3n) is 5.01. The zero-order valence-corrected chi connectivity index (χ0v) is 17.2. The number of rotatable bonds is 2. The van der Waals surface area contributed by atoms with Crippen LogP contribution >= 0.6 is 31.9 Å². The van der Waals surface area contributed by atoms with Crippen LogP contribution in [0.1, 0.15) is 37.2 Å². The Morgan fingerprint density at radius 3 is 2.42 bits per heavy atom. The van der Waals surface area contributed by atoms with Crippen molar-refractivity contribution in [2.75, 3.05) is 4.90 Å². The van der Waals surface area contributed by atoms with E-state index in [1.54, 1.807) is 4.90 Å². The van der Waals surface area contributed by atoms with E-state index in [1.165, 1.54) is 0 Å². The molecule has 4 rings (SSSR count). The first-order valence-electron chi connectivity index (χ1n) is 8.65. The molecule has 26 heavy (non-hydrogen) atoms. The standard InChI is InChI=1S/C21H17Br2NO2/c22-14-7-9-16(10-8-14)24-18-5-2-6-19(25)21(18)17(12-20(24)26)13-3-1-4-15(23)11-13/h1,3-4,7-11,17H,2,5-6,12H2. The van der Waals surface area contributed by atoms with Gasteiger partial charge in [0.15, 0.2) is 5.78 Å². The number of halogens is 2. The van der Waals surface area contributed by atoms with Crippen LogP contribution in [0.4, 0.5) is 5.69 Å². The monoisotopic (exact) mass is 473 g/mol. The van der Waals surface area contributed by atoms with Gasteiger partial charge in [-0.1, -0.05) is 44.0 Å². The Morgan fingerprint density at radius 2 is 1.69 bits per heavy atom. The summed E-state index contributed by atoms with van der Waals surface area (Å²) >= 11 is 6.94. The number of carbonyl (C=O) groups is 2. The summed E-state index contributed by atoms with van der Waals surface area (Å²) < 4.78 is 1.93. The first-order chi connectivity index (χ1) is 12.5. The van der Waals surface area contributed by atoms with E-state index in [9.17, 15) is 9.59 Å². The van der Waals surface area contributed by atoms with E-state index in [0.717, 1.165) is 44.3 Å². The minimum Gasteiger partial charge on any atom is -0.294 e. The van der Waals surface area contributed by atoms with Crippen LogP contribution < -0.4 is 4.90 Å². The summed E-state index contributed by atoms with van der Waals surface area (Å²) in [6, 6.07) is 15.6. The number of ketones is 1. The third kappa shape index (κ3) is 3.19. The fourth-order valence-corrected chi connectivity index (χ4v) is 4.57. The molecule has 1 aliphatic heterocycles. The Morgan fingerprint density at radius 1 is 0.923 bits per heavy atom. The van der Waals surface area contributed by atoms with Crippen molar-refractivity contribution in [2.24, 2.45) is 0 Å². The smallest absolute Gasteiger partial charge is 0.232 e. The normalized spacial score (nSPS) is 20.4. The van der Waals surface area contributed by atoms with Crippen LogP contribution in [0.3, 0.4) is 0 Å². The highest BCUT2D eigenvalue weighted by atomic mass is 79.9. The summed E-state index contributed by atoms with van der Waals surface area (Å²) in [5.41, 5.74) is 3.54. The Hall–Kier alpha value is -1.72. The van der Waals surface area contributed by atoms with Gasteiger partial charge in [0.05, 0.1) is 0 Å². The molecule has 1 amide bonds. The SMILES string of the molecule is O=C1CCCC2=C1C(c1cccc(Br)c1)CC(=O)N2c1ccc(Br)cc1. The van der Waals surface area contributed by atoms with Gasteiger partial charge in [-0.3, -0.25) is 14.5 Å². The highest BCUT2D eigenvalue weighted by Crippen LogP contribution is 2.43. The minimum absolute atomic E-state index is 0.0470. The van der Waals surface area contributed by atoms with E-state index in [0.29, 0.717) is 12.8 Å². The van der Waals surface area contributed by atoms with Gasteiger partial charge in [-0.05, 0) is 54.8 Å². The highest BCUT2D eigenvalue weighted by Gasteiger charge is 2.39. The molecular formula is C21H17Br2NO2. The molecule has 0 saturated heterocycles. The lowest BCUT2D eigenvalue weighted by Gasteiger charge is -2.38. The summed E-state index contributed by atoms with van der Waals surface area (Å²) in [5, 5.41) is 0. The number of Topliss-reactive ketones (excluding diaryl/α,β-unsaturated/α-hetero) is 1. The Kier molecular flexibility index (Phi) is 4.84. The number of anilines is 1. The minimum atomic E-state index is -0.158. The molecular weight excluding hydrogens is 458 g/mol. The second-order valence-corrected chi connectivity index (χ2v) is 8.49. The maximum absolute atomic E-state index is 13.1. The molecule has 0 saturated carbocycles. The molecule has 0 spiro atoms. The van der Waals surface area contributed by atoms with Gasteiger partial charge in [0, 0.05) is 44.7 Å². The van der Waals surface area contributed by atoms with Crippen molar-refractivity contribution < 1.29 is 9.59 Å². The summed E-state index contributed by atoms with van der Waals surface area (Å²) in [5.74, 6) is 0.0612. The molecule has 5 heteroatoms. The van der Waals surface area contributed by atoms with E-state index in [1.807, 2.05) is 48.5 Å². The molecule has 2 aromatic rings. The molecule has 0 fully saturated rings. The van der Waals surface area contributed by atoms with Gasteiger partial charge in [-0.25, -0.2) is 0 Å². The molecule has 0 N–H and O–H groups in total. The van der Waals surface area contributed by atoms with Crippen molar-refractivity contribution in [3.8, 4) is 0 Å². The maximum atomic E-state index is 13.1. The fourth-order valence-electron chi connectivity index (χ4n) is 3.89. The van der Waals surface area contributed by atoms with Crippen LogP contribution in [0.25, 0.3) is 0 Å². The topological polar surface area (TPSA) is 37.4 Å². The molecule has 1 heterocycles. The zero-order valence-electron chi connectivity index (χ0n) is 14.0. The Bertz CT molecular complexity index is 918. The van der Waals surface area contributed by atoms with Gasteiger partial charge < -0.3 is 0 Å². The first-order valence-corrected chi connectivity index (χ1v) is 10.2. The third-order valence-corrected chi connectivity index (χ3v) is 6.03. The first kappa shape index (κ1) is 17.7. The van der Waals surface area contributed by atoms with Gasteiger partial charge in [0.2, 0.25) is 5.91 Å². The van der Waals surface area contributed by atoms with Crippen molar-refractivity contribution in [2.45, 2.75) is 31.6 Å². The predicted octanol–water partition coefficient (Wildman–Crippen LogP) is 5.74. The van der Waals surface area contributed by atoms with Gasteiger partial charge in [0.1, 0.15) is 0 Å². The van der Waals surface area contributed by atoms with Gasteiger partial charge in [-0.2, -0.15) is 0 Å². The van der Waals surface area contributed by atoms with Crippen molar-refractivity contribution in [1.29, 1.82) is 0 Å². The van der Waals surface area contributed by atoms with E-state index >= 15 is 0 Å². The van der Waals surface area contributed by atoms with Crippen molar-refractivity contribution >= 4 is 49.2 Å². The maximum Gasteiger partial charge on any atom is 0.232 e. The van der Waals surface area contributed by atoms with Crippen LogP contribution in [0.15, 0.2) is 68.7 Å². The number of nitrogens with zero attached hydrogens (tertiary/aromatic N) is 1. The number of amides is 1. The van der Waals surface area contributed by atoms with Crippen molar-refractivity contribution in [1.82, 2.24) is 0 Å². The Balaban J connectivity index is 1.85. The van der Waals surface area contributed by atoms with Crippen molar-refractivity contribution in [3.63, 3.8) is 0 Å². The molecule has 1 aliphatic carbocycles. The number of benzene rings is 2. The molecule has 132 valence electrons. The molecule has 1 unspecified atom stereocenters. The molecule has 0 aromatic heterocycles. The average molecular weight is 475 g/mol. The van der Waals surface area contributed by atoms with Crippen molar-refractivity contribution in [3.05, 3.63) is 74.3 Å². The summed E-state index contributed by atoms with van der Waals surface area (Å²) in [6.07, 6.45) is 2.43. The molecule has 0 radical (unpaired) electrons. The number of carbonyl (C=O) groups excluding carboxylic acids is 2. The average Bonchev–Trinajstić information content (AvgIpc) is 2.62. The summed E-state index contributed by atoms with van der Waals surface area (Å²) in [4.78, 5) is 27.6. The lowest BCUT2D eigenvalue weighted by atomic mass is 9.77. The molecule has 2 aliphatic rings. The number of allylic oxidation sites excluding steroid dienone is 2. The highest BCUT2D eigenvalue weighted by molar-refractivity contribution is 9.10. The molecule has 1 atom stereocenters. The van der Waals surface area contributed by atoms with Crippen LogP contribution in [0.5, 0.6) is 0 Å². The van der Waals surface area contributed by atoms with Crippen LogP contribution in [-0.4, -0.2) is 11.7 Å². The van der Waals surface area contributed by atoms with E-state index < -0.39 is 0 Å². The van der Waals surface area contributed by atoms with Crippen LogP contribution in [-0.2, 0) is 9.59 Å². The van der Waals surface area contributed by atoms with Crippen LogP contribution in [0, 0.1) is 0 Å². The zero-order chi connectivity index (χ0) is 18.3. The molecule has 2 aromatic carbocycles. The molecule has 0 bridgehead atoms. The van der Waals surface area contributed by atoms with Gasteiger partial charge >= 0.3 is 0 Å². The number of hydrogen-bond acceptors (Lipinski definition) is 2.